The molecule has 1 N–H and O–H groups in total. The molecular weight excluding hydrogens is 310 g/mol. The number of anilines is 1. The summed E-state index contributed by atoms with van der Waals surface area (Å²) in [5.74, 6) is 1.88. The molecule has 0 fully saturated rings. The van der Waals surface area contributed by atoms with E-state index in [4.69, 9.17) is 4.74 Å². The topological polar surface area (TPSA) is 64.9 Å². The summed E-state index contributed by atoms with van der Waals surface area (Å²) in [7, 11) is 1.60. The Labute approximate surface area is 120 Å². The van der Waals surface area contributed by atoms with Crippen LogP contribution in [-0.2, 0) is 0 Å². The van der Waals surface area contributed by atoms with E-state index in [-0.39, 0.29) is 0 Å². The van der Waals surface area contributed by atoms with Crippen LogP contribution in [0.15, 0.2) is 10.8 Å². The molecule has 2 aromatic rings. The van der Waals surface area contributed by atoms with E-state index in [0.29, 0.717) is 17.4 Å². The molecule has 0 aliphatic rings. The Morgan fingerprint density at radius 1 is 1.37 bits per heavy atom. The second kappa shape index (κ2) is 5.56. The summed E-state index contributed by atoms with van der Waals surface area (Å²) in [6.45, 7) is 6.67. The van der Waals surface area contributed by atoms with Crippen molar-refractivity contribution >= 4 is 21.7 Å². The van der Waals surface area contributed by atoms with E-state index in [2.05, 4.69) is 36.3 Å². The molecule has 6 nitrogen and oxygen atoms in total. The van der Waals surface area contributed by atoms with Crippen LogP contribution in [0.3, 0.4) is 0 Å². The highest BCUT2D eigenvalue weighted by Crippen LogP contribution is 2.30. The van der Waals surface area contributed by atoms with E-state index in [1.54, 1.807) is 11.8 Å². The highest BCUT2D eigenvalue weighted by molar-refractivity contribution is 9.10. The van der Waals surface area contributed by atoms with Crippen molar-refractivity contribution in [2.45, 2.75) is 20.8 Å². The third-order valence-corrected chi connectivity index (χ3v) is 3.88. The van der Waals surface area contributed by atoms with Crippen LogP contribution >= 0.6 is 15.9 Å². The van der Waals surface area contributed by atoms with Crippen molar-refractivity contribution in [3.05, 3.63) is 22.2 Å². The van der Waals surface area contributed by atoms with Crippen molar-refractivity contribution < 1.29 is 4.74 Å². The molecule has 0 aliphatic heterocycles. The van der Waals surface area contributed by atoms with Gasteiger partial charge in [0.15, 0.2) is 5.82 Å². The maximum atomic E-state index is 5.42. The number of rotatable bonds is 4. The summed E-state index contributed by atoms with van der Waals surface area (Å²) in [6, 6.07) is 0. The quantitative estimate of drug-likeness (QED) is 0.935. The third kappa shape index (κ3) is 2.42. The average Bonchev–Trinajstić information content (AvgIpc) is 2.66. The van der Waals surface area contributed by atoms with Crippen LogP contribution in [-0.4, -0.2) is 33.4 Å². The number of hydrogen-bond donors (Lipinski definition) is 1. The van der Waals surface area contributed by atoms with Gasteiger partial charge < -0.3 is 10.1 Å². The second-order valence-electron chi connectivity index (χ2n) is 4.01. The standard InChI is InChI=1S/C12H16BrN5O/c1-5-14-11-10(19-4)12(16-6-15-11)18-8(3)9(13)7(2)17-18/h6H,5H2,1-4H3,(H,14,15,16). The molecule has 0 spiro atoms. The molecule has 2 rings (SSSR count). The largest absolute Gasteiger partial charge is 0.490 e. The van der Waals surface area contributed by atoms with Gasteiger partial charge >= 0.3 is 0 Å². The SMILES string of the molecule is CCNc1ncnc(-n2nc(C)c(Br)c2C)c1OC. The summed E-state index contributed by atoms with van der Waals surface area (Å²) in [6.07, 6.45) is 1.50. The lowest BCUT2D eigenvalue weighted by Crippen LogP contribution is -2.09. The second-order valence-corrected chi connectivity index (χ2v) is 4.80. The molecule has 2 heterocycles. The zero-order valence-corrected chi connectivity index (χ0v) is 12.9. The van der Waals surface area contributed by atoms with Gasteiger partial charge in [-0.05, 0) is 36.7 Å². The van der Waals surface area contributed by atoms with Crippen LogP contribution in [0, 0.1) is 13.8 Å². The van der Waals surface area contributed by atoms with Crippen LogP contribution in [0.25, 0.3) is 5.82 Å². The smallest absolute Gasteiger partial charge is 0.206 e. The van der Waals surface area contributed by atoms with Gasteiger partial charge in [0.2, 0.25) is 11.6 Å². The maximum Gasteiger partial charge on any atom is 0.206 e. The monoisotopic (exact) mass is 325 g/mol. The van der Waals surface area contributed by atoms with Crippen LogP contribution in [0.5, 0.6) is 5.75 Å². The zero-order chi connectivity index (χ0) is 14.0. The fourth-order valence-corrected chi connectivity index (χ4v) is 2.07. The van der Waals surface area contributed by atoms with Crippen molar-refractivity contribution in [1.82, 2.24) is 19.7 Å². The minimum Gasteiger partial charge on any atom is -0.490 e. The lowest BCUT2D eigenvalue weighted by Gasteiger charge is -2.12. The first kappa shape index (κ1) is 13.8. The molecule has 102 valence electrons. The van der Waals surface area contributed by atoms with Crippen molar-refractivity contribution in [2.75, 3.05) is 19.0 Å². The molecule has 0 atom stereocenters. The molecule has 7 heteroatoms. The summed E-state index contributed by atoms with van der Waals surface area (Å²) >= 11 is 3.51. The highest BCUT2D eigenvalue weighted by atomic mass is 79.9. The first-order valence-electron chi connectivity index (χ1n) is 5.95. The molecule has 0 amide bonds. The van der Waals surface area contributed by atoms with Crippen molar-refractivity contribution in [3.8, 4) is 11.6 Å². The molecule has 0 aromatic carbocycles. The number of aromatic nitrogens is 4. The first-order chi connectivity index (χ1) is 9.10. The number of ether oxygens (including phenoxy) is 1. The van der Waals surface area contributed by atoms with Gasteiger partial charge in [0.25, 0.3) is 0 Å². The van der Waals surface area contributed by atoms with E-state index in [1.165, 1.54) is 6.33 Å². The number of methoxy groups -OCH3 is 1. The first-order valence-corrected chi connectivity index (χ1v) is 6.74. The fraction of sp³-hybridized carbons (Fsp3) is 0.417. The summed E-state index contributed by atoms with van der Waals surface area (Å²) in [5, 5.41) is 7.61. The fourth-order valence-electron chi connectivity index (χ4n) is 1.83. The molecule has 0 saturated heterocycles. The molecular formula is C12H16BrN5O. The predicted molar refractivity (Wildman–Crippen MR) is 77.0 cm³/mol. The van der Waals surface area contributed by atoms with Gasteiger partial charge in [0.1, 0.15) is 6.33 Å². The number of halogens is 1. The van der Waals surface area contributed by atoms with Gasteiger partial charge in [-0.15, -0.1) is 0 Å². The minimum atomic E-state index is 0.586. The Hall–Kier alpha value is -1.63. The molecule has 0 unspecified atom stereocenters. The van der Waals surface area contributed by atoms with E-state index >= 15 is 0 Å². The molecule has 2 aromatic heterocycles. The predicted octanol–water partition coefficient (Wildman–Crippen LogP) is 2.48. The van der Waals surface area contributed by atoms with Crippen molar-refractivity contribution in [1.29, 1.82) is 0 Å². The van der Waals surface area contributed by atoms with Gasteiger partial charge in [-0.25, -0.2) is 14.6 Å². The van der Waals surface area contributed by atoms with Crippen LogP contribution < -0.4 is 10.1 Å². The van der Waals surface area contributed by atoms with E-state index in [9.17, 15) is 0 Å². The summed E-state index contributed by atoms with van der Waals surface area (Å²) in [5.41, 5.74) is 1.88. The Kier molecular flexibility index (Phi) is 4.04. The van der Waals surface area contributed by atoms with Crippen molar-refractivity contribution in [2.24, 2.45) is 0 Å². The Bertz CT molecular complexity index is 596. The van der Waals surface area contributed by atoms with Crippen LogP contribution in [0.4, 0.5) is 5.82 Å². The van der Waals surface area contributed by atoms with E-state index < -0.39 is 0 Å². The zero-order valence-electron chi connectivity index (χ0n) is 11.4. The Morgan fingerprint density at radius 2 is 2.11 bits per heavy atom. The molecule has 0 aliphatic carbocycles. The van der Waals surface area contributed by atoms with Crippen molar-refractivity contribution in [3.63, 3.8) is 0 Å². The number of nitrogens with one attached hydrogen (secondary N) is 1. The minimum absolute atomic E-state index is 0.586. The molecule has 0 saturated carbocycles. The number of nitrogens with zero attached hydrogens (tertiary/aromatic N) is 4. The van der Waals surface area contributed by atoms with Gasteiger partial charge in [-0.3, -0.25) is 0 Å². The number of aryl methyl sites for hydroxylation is 1. The highest BCUT2D eigenvalue weighted by Gasteiger charge is 2.18. The average molecular weight is 326 g/mol. The van der Waals surface area contributed by atoms with Gasteiger partial charge in [-0.2, -0.15) is 5.10 Å². The van der Waals surface area contributed by atoms with Crippen LogP contribution in [0.1, 0.15) is 18.3 Å². The molecule has 0 radical (unpaired) electrons. The van der Waals surface area contributed by atoms with Gasteiger partial charge in [-0.1, -0.05) is 0 Å². The Balaban J connectivity index is 2.61. The normalized spacial score (nSPS) is 10.6. The van der Waals surface area contributed by atoms with E-state index in [0.717, 1.165) is 22.4 Å². The lowest BCUT2D eigenvalue weighted by atomic mass is 10.4. The Morgan fingerprint density at radius 3 is 2.63 bits per heavy atom. The molecule has 19 heavy (non-hydrogen) atoms. The third-order valence-electron chi connectivity index (χ3n) is 2.74. The number of hydrogen-bond acceptors (Lipinski definition) is 5. The maximum absolute atomic E-state index is 5.42. The summed E-state index contributed by atoms with van der Waals surface area (Å²) in [4.78, 5) is 8.47. The molecule has 0 bridgehead atoms. The lowest BCUT2D eigenvalue weighted by molar-refractivity contribution is 0.408. The van der Waals surface area contributed by atoms with E-state index in [1.807, 2.05) is 20.8 Å². The summed E-state index contributed by atoms with van der Waals surface area (Å²) < 4.78 is 8.15. The van der Waals surface area contributed by atoms with Crippen LogP contribution in [0.2, 0.25) is 0 Å². The van der Waals surface area contributed by atoms with Gasteiger partial charge in [0.05, 0.1) is 23.0 Å². The van der Waals surface area contributed by atoms with Gasteiger partial charge in [0, 0.05) is 6.54 Å².